The molecule has 1 fully saturated rings. The van der Waals surface area contributed by atoms with Gasteiger partial charge in [-0.3, -0.25) is 0 Å². The molecule has 0 atom stereocenters. The summed E-state index contributed by atoms with van der Waals surface area (Å²) >= 11 is 1.88. The van der Waals surface area contributed by atoms with Crippen LogP contribution in [0.25, 0.3) is 22.4 Å². The van der Waals surface area contributed by atoms with Gasteiger partial charge in [0.05, 0.1) is 52.9 Å². The van der Waals surface area contributed by atoms with E-state index in [1.165, 1.54) is 37.6 Å². The van der Waals surface area contributed by atoms with E-state index < -0.39 is 0 Å². The van der Waals surface area contributed by atoms with E-state index in [0.717, 1.165) is 32.5 Å². The summed E-state index contributed by atoms with van der Waals surface area (Å²) in [6.07, 6.45) is 11.5. The van der Waals surface area contributed by atoms with Gasteiger partial charge in [-0.15, -0.1) is 0 Å². The largest absolute Gasteiger partial charge is 0.377 e. The maximum atomic E-state index is 5.81. The first kappa shape index (κ1) is 31.6. The summed E-state index contributed by atoms with van der Waals surface area (Å²) in [6.45, 7) is 14.5. The second-order valence-electron chi connectivity index (χ2n) is 12.0. The molecule has 0 spiro atoms. The Labute approximate surface area is 261 Å². The second-order valence-corrected chi connectivity index (χ2v) is 13.0. The Bertz CT molecular complexity index is 1390. The summed E-state index contributed by atoms with van der Waals surface area (Å²) in [5, 5.41) is 1.33. The number of aromatic nitrogens is 1. The molecule has 2 aromatic carbocycles. The first-order valence-electron chi connectivity index (χ1n) is 15.7. The zero-order valence-electron chi connectivity index (χ0n) is 26.1. The lowest BCUT2D eigenvalue weighted by Gasteiger charge is -2.30. The molecular formula is C36H47N2O4S+. The molecule has 2 heterocycles. The van der Waals surface area contributed by atoms with E-state index in [1.54, 1.807) is 0 Å². The Morgan fingerprint density at radius 3 is 2.07 bits per heavy atom. The van der Waals surface area contributed by atoms with Crippen LogP contribution in [0, 0.1) is 5.41 Å². The number of anilines is 1. The van der Waals surface area contributed by atoms with Crippen molar-refractivity contribution in [1.29, 1.82) is 0 Å². The lowest BCUT2D eigenvalue weighted by atomic mass is 9.75. The SMILES string of the molecule is CC[n+]1c(/C=C2C=C(/C=C/c3ccc(N4CCOCCOCCOCCOCC4)cc3)CC(C)(C)C/2)sc2ccccc21. The van der Waals surface area contributed by atoms with Crippen LogP contribution in [-0.4, -0.2) is 65.9 Å². The molecule has 43 heavy (non-hydrogen) atoms. The van der Waals surface area contributed by atoms with Crippen molar-refractivity contribution in [1.82, 2.24) is 0 Å². The number of fused-ring (bicyclic) bond motifs is 1. The highest BCUT2D eigenvalue weighted by Gasteiger charge is 2.26. The first-order chi connectivity index (χ1) is 21.0. The summed E-state index contributed by atoms with van der Waals surface area (Å²) in [5.41, 5.74) is 6.70. The summed E-state index contributed by atoms with van der Waals surface area (Å²) in [5.74, 6) is 0. The van der Waals surface area contributed by atoms with Crippen LogP contribution >= 0.6 is 11.3 Å². The number of ether oxygens (including phenoxy) is 4. The predicted octanol–water partition coefficient (Wildman–Crippen LogP) is 6.94. The minimum atomic E-state index is 0.221. The summed E-state index contributed by atoms with van der Waals surface area (Å²) < 4.78 is 26.5. The molecule has 0 saturated carbocycles. The van der Waals surface area contributed by atoms with Crippen LogP contribution in [-0.2, 0) is 25.5 Å². The van der Waals surface area contributed by atoms with Crippen molar-refractivity contribution in [3.63, 3.8) is 0 Å². The van der Waals surface area contributed by atoms with Gasteiger partial charge in [-0.1, -0.05) is 67.7 Å². The van der Waals surface area contributed by atoms with E-state index in [9.17, 15) is 0 Å². The molecule has 230 valence electrons. The molecule has 0 radical (unpaired) electrons. The Morgan fingerprint density at radius 2 is 1.42 bits per heavy atom. The van der Waals surface area contributed by atoms with Crippen LogP contribution in [0.15, 0.2) is 71.8 Å². The van der Waals surface area contributed by atoms with Crippen LogP contribution in [0.2, 0.25) is 0 Å². The van der Waals surface area contributed by atoms with Gasteiger partial charge < -0.3 is 23.8 Å². The third kappa shape index (κ3) is 9.34. The summed E-state index contributed by atoms with van der Waals surface area (Å²) in [7, 11) is 0. The normalized spacial score (nSPS) is 20.7. The van der Waals surface area contributed by atoms with Crippen molar-refractivity contribution in [2.75, 3.05) is 70.8 Å². The molecule has 0 bridgehead atoms. The molecular weight excluding hydrogens is 556 g/mol. The van der Waals surface area contributed by atoms with Crippen molar-refractivity contribution in [2.45, 2.75) is 40.2 Å². The molecule has 3 aromatic rings. The van der Waals surface area contributed by atoms with E-state index >= 15 is 0 Å². The van der Waals surface area contributed by atoms with Gasteiger partial charge in [-0.2, -0.15) is 4.57 Å². The molecule has 6 nitrogen and oxygen atoms in total. The lowest BCUT2D eigenvalue weighted by molar-refractivity contribution is -0.665. The third-order valence-corrected chi connectivity index (χ3v) is 8.99. The number of benzene rings is 2. The van der Waals surface area contributed by atoms with Crippen LogP contribution < -0.4 is 9.47 Å². The zero-order valence-corrected chi connectivity index (χ0v) is 26.9. The van der Waals surface area contributed by atoms with Crippen molar-refractivity contribution < 1.29 is 23.5 Å². The van der Waals surface area contributed by atoms with E-state index in [4.69, 9.17) is 18.9 Å². The summed E-state index contributed by atoms with van der Waals surface area (Å²) in [6, 6.07) is 17.5. The van der Waals surface area contributed by atoms with Gasteiger partial charge in [0, 0.05) is 30.9 Å². The van der Waals surface area contributed by atoms with Crippen LogP contribution in [0.1, 0.15) is 44.2 Å². The topological polar surface area (TPSA) is 44.0 Å². The average Bonchev–Trinajstić information content (AvgIpc) is 3.34. The molecule has 0 amide bonds. The highest BCUT2D eigenvalue weighted by molar-refractivity contribution is 7.18. The van der Waals surface area contributed by atoms with Gasteiger partial charge in [0.1, 0.15) is 11.2 Å². The first-order valence-corrected chi connectivity index (χ1v) is 16.5. The maximum Gasteiger partial charge on any atom is 0.263 e. The van der Waals surface area contributed by atoms with Gasteiger partial charge in [0.15, 0.2) is 0 Å². The molecule has 0 N–H and O–H groups in total. The van der Waals surface area contributed by atoms with Crippen molar-refractivity contribution >= 4 is 39.4 Å². The predicted molar refractivity (Wildman–Crippen MR) is 178 cm³/mol. The molecule has 5 rings (SSSR count). The molecule has 0 unspecified atom stereocenters. The number of rotatable bonds is 5. The Balaban J connectivity index is 1.27. The smallest absolute Gasteiger partial charge is 0.263 e. The molecule has 1 saturated heterocycles. The molecule has 2 aliphatic rings. The number of para-hydroxylation sites is 1. The molecule has 1 aliphatic carbocycles. The monoisotopic (exact) mass is 603 g/mol. The van der Waals surface area contributed by atoms with Crippen molar-refractivity contribution in [2.24, 2.45) is 5.41 Å². The quantitative estimate of drug-likeness (QED) is 0.296. The van der Waals surface area contributed by atoms with Crippen molar-refractivity contribution in [3.8, 4) is 0 Å². The fourth-order valence-electron chi connectivity index (χ4n) is 5.83. The van der Waals surface area contributed by atoms with E-state index in [1.807, 2.05) is 11.3 Å². The number of hydrogen-bond acceptors (Lipinski definition) is 6. The number of allylic oxidation sites excluding steroid dienone is 4. The number of aryl methyl sites for hydroxylation is 1. The number of thiazole rings is 1. The lowest BCUT2D eigenvalue weighted by Crippen LogP contribution is -2.33. The number of hydrogen-bond donors (Lipinski definition) is 0. The maximum absolute atomic E-state index is 5.81. The standard InChI is InChI=1S/C36H47N2O4S/c1-4-38-33-7-5-6-8-34(33)43-35(38)26-31-25-30(27-36(2,3)28-31)10-9-29-11-13-32(14-12-29)37-15-17-39-19-21-41-23-24-42-22-20-40-18-16-37/h5-14,25-26H,4,15-24,27-28H2,1-3H3/q+1. The molecule has 7 heteroatoms. The molecule has 1 aliphatic heterocycles. The van der Waals surface area contributed by atoms with E-state index in [2.05, 4.69) is 103 Å². The Kier molecular flexibility index (Phi) is 11.6. The number of nitrogens with zero attached hydrogens (tertiary/aromatic N) is 2. The third-order valence-electron chi connectivity index (χ3n) is 7.87. The van der Waals surface area contributed by atoms with Gasteiger partial charge in [-0.05, 0) is 60.1 Å². The minimum Gasteiger partial charge on any atom is -0.377 e. The van der Waals surface area contributed by atoms with Crippen LogP contribution in [0.4, 0.5) is 5.69 Å². The Hall–Kier alpha value is -2.81. The fraction of sp³-hybridized carbons (Fsp3) is 0.472. The highest BCUT2D eigenvalue weighted by atomic mass is 32.1. The van der Waals surface area contributed by atoms with Gasteiger partial charge in [-0.25, -0.2) is 0 Å². The zero-order chi connectivity index (χ0) is 29.9. The summed E-state index contributed by atoms with van der Waals surface area (Å²) in [4.78, 5) is 2.33. The van der Waals surface area contributed by atoms with E-state index in [-0.39, 0.29) is 5.41 Å². The van der Waals surface area contributed by atoms with Gasteiger partial charge >= 0.3 is 0 Å². The van der Waals surface area contributed by atoms with Crippen LogP contribution in [0.5, 0.6) is 0 Å². The Morgan fingerprint density at radius 1 is 0.791 bits per heavy atom. The fourth-order valence-corrected chi connectivity index (χ4v) is 7.04. The van der Waals surface area contributed by atoms with Gasteiger partial charge in [0.2, 0.25) is 5.52 Å². The average molecular weight is 604 g/mol. The highest BCUT2D eigenvalue weighted by Crippen LogP contribution is 2.39. The second kappa shape index (κ2) is 15.8. The van der Waals surface area contributed by atoms with E-state index in [0.29, 0.717) is 52.9 Å². The van der Waals surface area contributed by atoms with Crippen molar-refractivity contribution in [3.05, 3.63) is 82.4 Å². The van der Waals surface area contributed by atoms with Crippen LogP contribution in [0.3, 0.4) is 0 Å². The minimum absolute atomic E-state index is 0.221. The van der Waals surface area contributed by atoms with Gasteiger partial charge in [0.25, 0.3) is 5.01 Å². The molecule has 1 aromatic heterocycles.